The third-order valence-corrected chi connectivity index (χ3v) is 6.16. The number of carbonyl (C=O) groups excluding carboxylic acids is 1. The van der Waals surface area contributed by atoms with E-state index in [9.17, 15) is 4.79 Å². The summed E-state index contributed by atoms with van der Waals surface area (Å²) >= 11 is 1.37. The summed E-state index contributed by atoms with van der Waals surface area (Å²) in [5.74, 6) is 0.891. The molecule has 4 aromatic rings. The van der Waals surface area contributed by atoms with Gasteiger partial charge in [0.05, 0.1) is 5.75 Å². The molecule has 4 rings (SSSR count). The maximum Gasteiger partial charge on any atom is 0.234 e. The van der Waals surface area contributed by atoms with E-state index in [1.54, 1.807) is 0 Å². The number of nitrogens with zero attached hydrogens (tertiary/aromatic N) is 4. The molecule has 1 heterocycles. The van der Waals surface area contributed by atoms with Gasteiger partial charge < -0.3 is 10.2 Å². The number of hydrogen-bond acceptors (Lipinski definition) is 5. The smallest absolute Gasteiger partial charge is 0.234 e. The molecule has 7 heteroatoms. The Bertz CT molecular complexity index is 1230. The van der Waals surface area contributed by atoms with E-state index >= 15 is 0 Å². The van der Waals surface area contributed by atoms with Gasteiger partial charge in [0.25, 0.3) is 0 Å². The number of rotatable bonds is 7. The van der Waals surface area contributed by atoms with Crippen molar-refractivity contribution in [3.8, 4) is 17.1 Å². The fourth-order valence-corrected chi connectivity index (χ4v) is 4.10. The first-order chi connectivity index (χ1) is 15.9. The highest BCUT2D eigenvalue weighted by molar-refractivity contribution is 7.99. The molecule has 1 aromatic heterocycles. The zero-order chi connectivity index (χ0) is 23.4. The van der Waals surface area contributed by atoms with Gasteiger partial charge in [0, 0.05) is 36.7 Å². The third-order valence-electron chi connectivity index (χ3n) is 5.24. The second-order valence-electron chi connectivity index (χ2n) is 8.12. The summed E-state index contributed by atoms with van der Waals surface area (Å²) in [7, 11) is 3.97. The van der Waals surface area contributed by atoms with Gasteiger partial charge in [-0.25, -0.2) is 0 Å². The average molecular weight is 458 g/mol. The summed E-state index contributed by atoms with van der Waals surface area (Å²) in [5.41, 5.74) is 6.15. The van der Waals surface area contributed by atoms with Crippen LogP contribution in [0.3, 0.4) is 0 Å². The minimum Gasteiger partial charge on any atom is -0.378 e. The van der Waals surface area contributed by atoms with Crippen LogP contribution in [0.25, 0.3) is 17.1 Å². The first-order valence-electron chi connectivity index (χ1n) is 10.7. The van der Waals surface area contributed by atoms with Crippen molar-refractivity contribution in [1.29, 1.82) is 0 Å². The molecule has 0 atom stereocenters. The summed E-state index contributed by atoms with van der Waals surface area (Å²) in [6.07, 6.45) is 0. The molecule has 0 saturated carbocycles. The zero-order valence-electron chi connectivity index (χ0n) is 19.2. The number of benzene rings is 3. The van der Waals surface area contributed by atoms with Gasteiger partial charge in [0.15, 0.2) is 11.0 Å². The average Bonchev–Trinajstić information content (AvgIpc) is 3.23. The molecule has 0 fully saturated rings. The number of hydrogen-bond donors (Lipinski definition) is 1. The summed E-state index contributed by atoms with van der Waals surface area (Å²) in [6, 6.07) is 24.2. The molecule has 0 bridgehead atoms. The molecule has 1 N–H and O–H groups in total. The van der Waals surface area contributed by atoms with Crippen LogP contribution in [-0.2, 0) is 4.79 Å². The quantitative estimate of drug-likeness (QED) is 0.379. The summed E-state index contributed by atoms with van der Waals surface area (Å²) in [6.45, 7) is 4.12. The van der Waals surface area contributed by atoms with Gasteiger partial charge in [-0.2, -0.15) is 0 Å². The molecule has 0 aliphatic heterocycles. The predicted molar refractivity (Wildman–Crippen MR) is 136 cm³/mol. The fourth-order valence-electron chi connectivity index (χ4n) is 3.35. The van der Waals surface area contributed by atoms with Gasteiger partial charge in [-0.05, 0) is 50.2 Å². The minimum atomic E-state index is -0.0899. The summed E-state index contributed by atoms with van der Waals surface area (Å²) in [4.78, 5) is 14.6. The van der Waals surface area contributed by atoms with Crippen LogP contribution in [0.1, 0.15) is 11.1 Å². The highest BCUT2D eigenvalue weighted by atomic mass is 32.2. The molecule has 3 aromatic carbocycles. The lowest BCUT2D eigenvalue weighted by atomic mass is 10.1. The highest BCUT2D eigenvalue weighted by Gasteiger charge is 2.17. The van der Waals surface area contributed by atoms with Crippen LogP contribution in [0.5, 0.6) is 0 Å². The monoisotopic (exact) mass is 457 g/mol. The van der Waals surface area contributed by atoms with Gasteiger partial charge in [-0.15, -0.1) is 10.2 Å². The van der Waals surface area contributed by atoms with E-state index in [2.05, 4.69) is 53.6 Å². The molecule has 0 aliphatic rings. The van der Waals surface area contributed by atoms with Gasteiger partial charge in [-0.1, -0.05) is 59.3 Å². The molecule has 0 radical (unpaired) electrons. The summed E-state index contributed by atoms with van der Waals surface area (Å²) in [5, 5.41) is 12.5. The predicted octanol–water partition coefficient (Wildman–Crippen LogP) is 5.35. The number of amides is 1. The van der Waals surface area contributed by atoms with Crippen molar-refractivity contribution in [2.45, 2.75) is 19.0 Å². The van der Waals surface area contributed by atoms with E-state index in [0.29, 0.717) is 5.16 Å². The number of carbonyl (C=O) groups is 1. The van der Waals surface area contributed by atoms with Crippen molar-refractivity contribution in [2.24, 2.45) is 0 Å². The standard InChI is InChI=1S/C26H27N5OS/c1-18-5-9-20(10-6-18)25-28-29-26(31(25)23-13-7-19(2)8-14-23)33-17-24(32)27-21-11-15-22(16-12-21)30(3)4/h5-16H,17H2,1-4H3,(H,27,32). The van der Waals surface area contributed by atoms with Crippen molar-refractivity contribution in [3.63, 3.8) is 0 Å². The molecule has 0 saturated heterocycles. The Morgan fingerprint density at radius 1 is 0.879 bits per heavy atom. The molecule has 33 heavy (non-hydrogen) atoms. The second-order valence-corrected chi connectivity index (χ2v) is 9.06. The maximum atomic E-state index is 12.6. The Morgan fingerprint density at radius 3 is 2.09 bits per heavy atom. The first kappa shape index (κ1) is 22.6. The first-order valence-corrected chi connectivity index (χ1v) is 11.7. The largest absolute Gasteiger partial charge is 0.378 e. The van der Waals surface area contributed by atoms with Crippen LogP contribution in [-0.4, -0.2) is 40.5 Å². The lowest BCUT2D eigenvalue weighted by molar-refractivity contribution is -0.113. The number of anilines is 2. The van der Waals surface area contributed by atoms with Crippen molar-refractivity contribution in [3.05, 3.63) is 83.9 Å². The van der Waals surface area contributed by atoms with Crippen LogP contribution in [0, 0.1) is 13.8 Å². The van der Waals surface area contributed by atoms with E-state index in [-0.39, 0.29) is 11.7 Å². The third kappa shape index (κ3) is 5.43. The lowest BCUT2D eigenvalue weighted by Gasteiger charge is -2.13. The van der Waals surface area contributed by atoms with Gasteiger partial charge in [0.2, 0.25) is 5.91 Å². The van der Waals surface area contributed by atoms with Crippen molar-refractivity contribution >= 4 is 29.0 Å². The SMILES string of the molecule is Cc1ccc(-c2nnc(SCC(=O)Nc3ccc(N(C)C)cc3)n2-c2ccc(C)cc2)cc1. The molecule has 0 unspecified atom stereocenters. The molecule has 1 amide bonds. The Morgan fingerprint density at radius 2 is 1.48 bits per heavy atom. The Hall–Kier alpha value is -3.58. The Kier molecular flexibility index (Phi) is 6.79. The number of thioether (sulfide) groups is 1. The normalized spacial score (nSPS) is 10.8. The van der Waals surface area contributed by atoms with Gasteiger partial charge in [0.1, 0.15) is 0 Å². The molecular formula is C26H27N5OS. The van der Waals surface area contributed by atoms with Gasteiger partial charge in [-0.3, -0.25) is 9.36 Å². The topological polar surface area (TPSA) is 63.1 Å². The zero-order valence-corrected chi connectivity index (χ0v) is 20.1. The number of aromatic nitrogens is 3. The fraction of sp³-hybridized carbons (Fsp3) is 0.192. The van der Waals surface area contributed by atoms with Crippen LogP contribution in [0.2, 0.25) is 0 Å². The van der Waals surface area contributed by atoms with Crippen LogP contribution in [0.4, 0.5) is 11.4 Å². The molecular weight excluding hydrogens is 430 g/mol. The maximum absolute atomic E-state index is 12.6. The van der Waals surface area contributed by atoms with E-state index in [1.165, 1.54) is 22.9 Å². The van der Waals surface area contributed by atoms with Crippen molar-refractivity contribution < 1.29 is 4.79 Å². The molecule has 0 aliphatic carbocycles. The van der Waals surface area contributed by atoms with Crippen LogP contribution >= 0.6 is 11.8 Å². The molecule has 168 valence electrons. The van der Waals surface area contributed by atoms with E-state index in [0.717, 1.165) is 28.5 Å². The number of aryl methyl sites for hydroxylation is 2. The Labute approximate surface area is 198 Å². The van der Waals surface area contributed by atoms with E-state index < -0.39 is 0 Å². The summed E-state index contributed by atoms with van der Waals surface area (Å²) < 4.78 is 2.01. The minimum absolute atomic E-state index is 0.0899. The number of nitrogens with one attached hydrogen (secondary N) is 1. The molecule has 6 nitrogen and oxygen atoms in total. The van der Waals surface area contributed by atoms with Crippen molar-refractivity contribution in [1.82, 2.24) is 14.8 Å². The highest BCUT2D eigenvalue weighted by Crippen LogP contribution is 2.28. The Balaban J connectivity index is 1.55. The van der Waals surface area contributed by atoms with Crippen LogP contribution < -0.4 is 10.2 Å². The molecule has 0 spiro atoms. The van der Waals surface area contributed by atoms with Gasteiger partial charge >= 0.3 is 0 Å². The van der Waals surface area contributed by atoms with Crippen LogP contribution in [0.15, 0.2) is 78.0 Å². The second kappa shape index (κ2) is 9.92. The van der Waals surface area contributed by atoms with E-state index in [4.69, 9.17) is 0 Å². The van der Waals surface area contributed by atoms with E-state index in [1.807, 2.05) is 72.1 Å². The van der Waals surface area contributed by atoms with Crippen molar-refractivity contribution in [2.75, 3.05) is 30.1 Å². The lowest BCUT2D eigenvalue weighted by Crippen LogP contribution is -2.15.